The third-order valence-electron chi connectivity index (χ3n) is 9.33. The average molecular weight is 649 g/mol. The van der Waals surface area contributed by atoms with Crippen molar-refractivity contribution in [3.05, 3.63) is 133 Å². The van der Waals surface area contributed by atoms with Crippen LogP contribution in [0, 0.1) is 0 Å². The second kappa shape index (κ2) is 13.4. The van der Waals surface area contributed by atoms with Crippen LogP contribution in [0.1, 0.15) is 41.5 Å². The zero-order valence-electron chi connectivity index (χ0n) is 28.8. The van der Waals surface area contributed by atoms with Crippen LogP contribution in [0.3, 0.4) is 0 Å². The van der Waals surface area contributed by atoms with E-state index in [2.05, 4.69) is 96.1 Å². The molecule has 0 amide bonds. The van der Waals surface area contributed by atoms with Crippen LogP contribution in [0.5, 0.6) is 28.7 Å². The van der Waals surface area contributed by atoms with Crippen molar-refractivity contribution in [3.8, 4) is 28.7 Å². The molecule has 7 heteroatoms. The SMILES string of the molecule is COc1cc(OC)cc(P(c2ccccc2)(c2ccccc2OB(Oc2ccccc2)Oc2ccccc2)(C(C)(C)C)C(C)(C)C)c1. The van der Waals surface area contributed by atoms with Crippen LogP contribution in [-0.2, 0) is 0 Å². The van der Waals surface area contributed by atoms with Crippen molar-refractivity contribution in [1.29, 1.82) is 0 Å². The monoisotopic (exact) mass is 648 g/mol. The number of ether oxygens (including phenoxy) is 2. The predicted molar refractivity (Wildman–Crippen MR) is 198 cm³/mol. The van der Waals surface area contributed by atoms with E-state index in [0.717, 1.165) is 22.1 Å². The Morgan fingerprint density at radius 3 is 1.32 bits per heavy atom. The van der Waals surface area contributed by atoms with E-state index in [0.29, 0.717) is 17.2 Å². The van der Waals surface area contributed by atoms with Gasteiger partial charge in [-0.15, -0.1) is 0 Å². The summed E-state index contributed by atoms with van der Waals surface area (Å²) in [6.45, 7) is 10.4. The average Bonchev–Trinajstić information content (AvgIpc) is 3.06. The molecule has 0 aliphatic carbocycles. The Morgan fingerprint density at radius 2 is 0.872 bits per heavy atom. The number of para-hydroxylation sites is 3. The van der Waals surface area contributed by atoms with Crippen LogP contribution in [0.4, 0.5) is 0 Å². The first kappa shape index (κ1) is 33.9. The molecule has 0 aromatic heterocycles. The van der Waals surface area contributed by atoms with Crippen molar-refractivity contribution < 1.29 is 23.4 Å². The molecule has 0 saturated heterocycles. The van der Waals surface area contributed by atoms with Gasteiger partial charge in [0.15, 0.2) is 0 Å². The number of hydrogen-bond acceptors (Lipinski definition) is 5. The molecule has 0 atom stereocenters. The molecule has 0 spiro atoms. The van der Waals surface area contributed by atoms with Crippen LogP contribution < -0.4 is 39.4 Å². The van der Waals surface area contributed by atoms with Crippen LogP contribution in [0.15, 0.2) is 133 Å². The molecule has 0 heterocycles. The Labute approximate surface area is 280 Å². The fourth-order valence-corrected chi connectivity index (χ4v) is 17.7. The first-order valence-corrected chi connectivity index (χ1v) is 18.2. The molecule has 47 heavy (non-hydrogen) atoms. The summed E-state index contributed by atoms with van der Waals surface area (Å²) in [5.41, 5.74) is 0. The summed E-state index contributed by atoms with van der Waals surface area (Å²) in [7, 11) is 2.32. The Balaban J connectivity index is 1.88. The fraction of sp³-hybridized carbons (Fsp3) is 0.250. The van der Waals surface area contributed by atoms with Crippen LogP contribution >= 0.6 is 6.60 Å². The van der Waals surface area contributed by atoms with E-state index in [-0.39, 0.29) is 10.3 Å². The van der Waals surface area contributed by atoms with Gasteiger partial charge in [-0.1, -0.05) is 0 Å². The van der Waals surface area contributed by atoms with E-state index >= 15 is 0 Å². The van der Waals surface area contributed by atoms with Crippen molar-refractivity contribution in [2.24, 2.45) is 0 Å². The van der Waals surface area contributed by atoms with Gasteiger partial charge in [0.05, 0.1) is 0 Å². The van der Waals surface area contributed by atoms with E-state index < -0.39 is 13.9 Å². The molecule has 0 fully saturated rings. The fourth-order valence-electron chi connectivity index (χ4n) is 7.80. The van der Waals surface area contributed by atoms with Gasteiger partial charge >= 0.3 is 282 Å². The molecule has 0 bridgehead atoms. The quantitative estimate of drug-likeness (QED) is 0.106. The van der Waals surface area contributed by atoms with Gasteiger partial charge in [0.1, 0.15) is 0 Å². The zero-order valence-corrected chi connectivity index (χ0v) is 29.7. The van der Waals surface area contributed by atoms with Crippen LogP contribution in [-0.4, -0.2) is 31.9 Å². The summed E-state index contributed by atoms with van der Waals surface area (Å²) in [4.78, 5) is 0. The van der Waals surface area contributed by atoms with Gasteiger partial charge < -0.3 is 0 Å². The third-order valence-corrected chi connectivity index (χ3v) is 18.7. The van der Waals surface area contributed by atoms with Gasteiger partial charge in [0.25, 0.3) is 0 Å². The van der Waals surface area contributed by atoms with Crippen LogP contribution in [0.2, 0.25) is 0 Å². The molecule has 5 aromatic carbocycles. The molecule has 5 aromatic rings. The Morgan fingerprint density at radius 1 is 0.447 bits per heavy atom. The number of rotatable bonds is 11. The summed E-state index contributed by atoms with van der Waals surface area (Å²) in [6, 6.07) is 44.8. The predicted octanol–water partition coefficient (Wildman–Crippen LogP) is 8.65. The van der Waals surface area contributed by atoms with Gasteiger partial charge in [0.2, 0.25) is 0 Å². The molecule has 0 aliphatic rings. The van der Waals surface area contributed by atoms with Gasteiger partial charge in [-0.25, -0.2) is 0 Å². The van der Waals surface area contributed by atoms with Gasteiger partial charge in [-0.2, -0.15) is 0 Å². The van der Waals surface area contributed by atoms with E-state index in [9.17, 15) is 0 Å². The molecule has 0 saturated carbocycles. The Hall–Kier alpha value is -4.41. The van der Waals surface area contributed by atoms with Crippen molar-refractivity contribution in [2.75, 3.05) is 14.2 Å². The zero-order chi connectivity index (χ0) is 33.7. The summed E-state index contributed by atoms with van der Waals surface area (Å²) in [5.74, 6) is 3.41. The summed E-state index contributed by atoms with van der Waals surface area (Å²) in [6.07, 6.45) is 0. The number of methoxy groups -OCH3 is 2. The molecular formula is C40H46BO5P. The first-order chi connectivity index (χ1) is 22.5. The van der Waals surface area contributed by atoms with Crippen molar-refractivity contribution in [3.63, 3.8) is 0 Å². The van der Waals surface area contributed by atoms with Crippen molar-refractivity contribution >= 4 is 29.8 Å². The maximum absolute atomic E-state index is 6.96. The Kier molecular flexibility index (Phi) is 9.66. The Bertz CT molecular complexity index is 1690. The van der Waals surface area contributed by atoms with E-state index in [1.807, 2.05) is 78.9 Å². The van der Waals surface area contributed by atoms with Gasteiger partial charge in [0, 0.05) is 0 Å². The molecule has 0 aliphatic heterocycles. The number of hydrogen-bond donors (Lipinski definition) is 0. The van der Waals surface area contributed by atoms with Crippen LogP contribution in [0.25, 0.3) is 0 Å². The number of benzene rings is 5. The van der Waals surface area contributed by atoms with Gasteiger partial charge in [-0.05, 0) is 0 Å². The van der Waals surface area contributed by atoms with Crippen molar-refractivity contribution in [2.45, 2.75) is 51.9 Å². The van der Waals surface area contributed by atoms with E-state index in [4.69, 9.17) is 23.4 Å². The molecule has 0 N–H and O–H groups in total. The molecule has 5 rings (SSSR count). The maximum atomic E-state index is 6.96. The normalized spacial score (nSPS) is 12.7. The molecular weight excluding hydrogens is 602 g/mol. The topological polar surface area (TPSA) is 46.2 Å². The van der Waals surface area contributed by atoms with Crippen molar-refractivity contribution in [1.82, 2.24) is 0 Å². The molecule has 0 unspecified atom stereocenters. The van der Waals surface area contributed by atoms with E-state index in [1.54, 1.807) is 14.2 Å². The summed E-state index contributed by atoms with van der Waals surface area (Å²) >= 11 is 0. The standard InChI is InChI=1S/C40H46BO5P/c1-39(2,3)47(40(4,5)6,35-24-16-11-17-25-35,36-29-33(42-7)28-34(30-36)43-8)38-27-19-18-26-37(38)46-41(44-31-20-12-9-13-21-31)45-32-22-14-10-15-23-32/h9-30H,1-8H3. The minimum atomic E-state index is -3.71. The molecule has 5 nitrogen and oxygen atoms in total. The van der Waals surface area contributed by atoms with E-state index in [1.165, 1.54) is 5.30 Å². The summed E-state index contributed by atoms with van der Waals surface area (Å²) < 4.78 is 31.6. The summed E-state index contributed by atoms with van der Waals surface area (Å²) in [5, 5.41) is 2.75. The molecule has 244 valence electrons. The second-order valence-corrected chi connectivity index (χ2v) is 20.0. The first-order valence-electron chi connectivity index (χ1n) is 16.0. The second-order valence-electron chi connectivity index (χ2n) is 13.6. The third kappa shape index (κ3) is 5.74. The minimum absolute atomic E-state index is 0.349. The molecule has 0 radical (unpaired) electrons. The van der Waals surface area contributed by atoms with Gasteiger partial charge in [-0.3, -0.25) is 0 Å².